The molecule has 31 heavy (non-hydrogen) atoms. The number of imidazole rings is 1. The molecule has 8 nitrogen and oxygen atoms in total. The molecule has 2 aromatic heterocycles. The Morgan fingerprint density at radius 1 is 1.42 bits per heavy atom. The summed E-state index contributed by atoms with van der Waals surface area (Å²) in [6.07, 6.45) is 2.28. The van der Waals surface area contributed by atoms with E-state index >= 15 is 0 Å². The molecule has 0 saturated carbocycles. The van der Waals surface area contributed by atoms with Crippen molar-refractivity contribution in [1.29, 1.82) is 5.53 Å². The Hall–Kier alpha value is -2.55. The molecule has 3 heterocycles. The summed E-state index contributed by atoms with van der Waals surface area (Å²) in [5, 5.41) is 4.41. The number of nitrogens with one attached hydrogen (secondary N) is 2. The largest absolute Gasteiger partial charge is 0.372 e. The van der Waals surface area contributed by atoms with Crippen LogP contribution >= 0.6 is 11.6 Å². The molecular formula is C22H28ClN7O. The van der Waals surface area contributed by atoms with Crippen molar-refractivity contribution in [3.63, 3.8) is 0 Å². The number of hydrogen-bond donors (Lipinski definition) is 3. The standard InChI is InChI=1S/C22H28ClN7O/c1-3-16(24)13(2)21(29-25)19-12-30(8-9-31-19)20-10-14(15(23)11-26-20)22-27-17-6-4-5-7-18(17)28-22/h4-7,10-11,13,16,19,21,25H,3,8-9,12,24H2,1-2H3,(H,27,28). The first kappa shape index (κ1) is 21.7. The maximum atomic E-state index is 7.72. The summed E-state index contributed by atoms with van der Waals surface area (Å²) in [5.41, 5.74) is 16.6. The number of anilines is 1. The summed E-state index contributed by atoms with van der Waals surface area (Å²) < 4.78 is 5.99. The molecule has 0 radical (unpaired) electrons. The van der Waals surface area contributed by atoms with Crippen LogP contribution in [0.1, 0.15) is 20.3 Å². The fourth-order valence-electron chi connectivity index (χ4n) is 4.12. The smallest absolute Gasteiger partial charge is 0.140 e. The van der Waals surface area contributed by atoms with E-state index in [0.29, 0.717) is 30.5 Å². The second kappa shape index (κ2) is 9.30. The topological polar surface area (TPSA) is 116 Å². The Morgan fingerprint density at radius 2 is 2.23 bits per heavy atom. The number of benzene rings is 1. The van der Waals surface area contributed by atoms with Crippen LogP contribution in [0.25, 0.3) is 22.4 Å². The van der Waals surface area contributed by atoms with Crippen molar-refractivity contribution >= 4 is 28.5 Å². The third-order valence-corrected chi connectivity index (χ3v) is 6.42. The lowest BCUT2D eigenvalue weighted by atomic mass is 9.89. The number of para-hydroxylation sites is 2. The highest BCUT2D eigenvalue weighted by Gasteiger charge is 2.34. The summed E-state index contributed by atoms with van der Waals surface area (Å²) in [4.78, 5) is 14.7. The predicted octanol–water partition coefficient (Wildman–Crippen LogP) is 4.26. The molecule has 4 rings (SSSR count). The molecule has 9 heteroatoms. The van der Waals surface area contributed by atoms with Crippen LogP contribution in [0.2, 0.25) is 5.02 Å². The molecular weight excluding hydrogens is 414 g/mol. The van der Waals surface area contributed by atoms with Gasteiger partial charge in [-0.1, -0.05) is 37.6 Å². The summed E-state index contributed by atoms with van der Waals surface area (Å²) in [6, 6.07) is 9.52. The molecule has 164 valence electrons. The van der Waals surface area contributed by atoms with Crippen LogP contribution in [0.5, 0.6) is 0 Å². The lowest BCUT2D eigenvalue weighted by Gasteiger charge is -2.38. The van der Waals surface area contributed by atoms with E-state index in [1.807, 2.05) is 44.2 Å². The number of aromatic nitrogens is 3. The van der Waals surface area contributed by atoms with E-state index in [-0.39, 0.29) is 24.1 Å². The van der Waals surface area contributed by atoms with Gasteiger partial charge in [0.25, 0.3) is 0 Å². The zero-order chi connectivity index (χ0) is 22.0. The molecule has 4 N–H and O–H groups in total. The number of morpholine rings is 1. The van der Waals surface area contributed by atoms with Gasteiger partial charge in [0, 0.05) is 30.9 Å². The van der Waals surface area contributed by atoms with Crippen molar-refractivity contribution < 1.29 is 4.74 Å². The van der Waals surface area contributed by atoms with Gasteiger partial charge in [0.05, 0.1) is 28.8 Å². The first-order chi connectivity index (χ1) is 15.0. The lowest BCUT2D eigenvalue weighted by Crippen LogP contribution is -2.51. The average Bonchev–Trinajstić information content (AvgIpc) is 3.23. The number of nitrogens with zero attached hydrogens (tertiary/aromatic N) is 4. The lowest BCUT2D eigenvalue weighted by molar-refractivity contribution is 0.00757. The highest BCUT2D eigenvalue weighted by atomic mass is 35.5. The van der Waals surface area contributed by atoms with Gasteiger partial charge in [-0.15, -0.1) is 0 Å². The summed E-state index contributed by atoms with van der Waals surface area (Å²) >= 11 is 6.47. The van der Waals surface area contributed by atoms with Gasteiger partial charge in [-0.25, -0.2) is 15.5 Å². The summed E-state index contributed by atoms with van der Waals surface area (Å²) in [6.45, 7) is 5.91. The molecule has 1 aliphatic heterocycles. The summed E-state index contributed by atoms with van der Waals surface area (Å²) in [7, 11) is 0. The Bertz CT molecular complexity index is 1020. The van der Waals surface area contributed by atoms with Crippen LogP contribution in [-0.4, -0.2) is 52.8 Å². The fourth-order valence-corrected chi connectivity index (χ4v) is 4.31. The third-order valence-electron chi connectivity index (χ3n) is 6.12. The maximum Gasteiger partial charge on any atom is 0.140 e. The monoisotopic (exact) mass is 441 g/mol. The van der Waals surface area contributed by atoms with Crippen LogP contribution in [0.4, 0.5) is 5.82 Å². The second-order valence-corrected chi connectivity index (χ2v) is 8.44. The Labute approximate surface area is 186 Å². The number of pyridine rings is 1. The normalized spacial score (nSPS) is 19.9. The van der Waals surface area contributed by atoms with Crippen LogP contribution in [0.3, 0.4) is 0 Å². The van der Waals surface area contributed by atoms with Crippen LogP contribution < -0.4 is 10.6 Å². The van der Waals surface area contributed by atoms with Crippen molar-refractivity contribution in [3.8, 4) is 11.4 Å². The van der Waals surface area contributed by atoms with Crippen LogP contribution in [-0.2, 0) is 4.74 Å². The number of rotatable bonds is 7. The second-order valence-electron chi connectivity index (χ2n) is 8.03. The van der Waals surface area contributed by atoms with Gasteiger partial charge in [0.1, 0.15) is 17.7 Å². The van der Waals surface area contributed by atoms with E-state index < -0.39 is 0 Å². The third kappa shape index (κ3) is 4.42. The van der Waals surface area contributed by atoms with Crippen LogP contribution in [0.15, 0.2) is 41.6 Å². The number of nitrogens with two attached hydrogens (primary N) is 1. The van der Waals surface area contributed by atoms with E-state index in [1.165, 1.54) is 0 Å². The molecule has 1 aliphatic rings. The number of halogens is 1. The number of aromatic amines is 1. The molecule has 3 aromatic rings. The number of hydrogen-bond acceptors (Lipinski definition) is 7. The Kier molecular flexibility index (Phi) is 6.50. The minimum absolute atomic E-state index is 0.0218. The van der Waals surface area contributed by atoms with E-state index in [2.05, 4.69) is 25.0 Å². The maximum absolute atomic E-state index is 7.72. The van der Waals surface area contributed by atoms with E-state index in [1.54, 1.807) is 6.20 Å². The first-order valence-corrected chi connectivity index (χ1v) is 11.0. The van der Waals surface area contributed by atoms with E-state index in [4.69, 9.17) is 27.6 Å². The number of H-pyrrole nitrogens is 1. The quantitative estimate of drug-likeness (QED) is 0.473. The van der Waals surface area contributed by atoms with Gasteiger partial charge >= 0.3 is 0 Å². The average molecular weight is 442 g/mol. The number of fused-ring (bicyclic) bond motifs is 1. The molecule has 4 unspecified atom stereocenters. The SMILES string of the molecule is CCC(N)C(C)C(N=N)C1CN(c2cc(-c3nc4ccccc4[nH]3)c(Cl)cn2)CCO1. The van der Waals surface area contributed by atoms with E-state index in [9.17, 15) is 0 Å². The van der Waals surface area contributed by atoms with Gasteiger partial charge in [-0.05, 0) is 30.5 Å². The van der Waals surface area contributed by atoms with Gasteiger partial charge in [0.15, 0.2) is 0 Å². The van der Waals surface area contributed by atoms with Gasteiger partial charge < -0.3 is 20.4 Å². The Morgan fingerprint density at radius 3 is 2.97 bits per heavy atom. The summed E-state index contributed by atoms with van der Waals surface area (Å²) in [5.74, 6) is 1.56. The highest BCUT2D eigenvalue weighted by molar-refractivity contribution is 6.33. The molecule has 0 aliphatic carbocycles. The van der Waals surface area contributed by atoms with Crippen molar-refractivity contribution in [2.45, 2.75) is 38.5 Å². The van der Waals surface area contributed by atoms with Gasteiger partial charge in [-0.2, -0.15) is 5.11 Å². The van der Waals surface area contributed by atoms with E-state index in [0.717, 1.165) is 28.8 Å². The molecule has 1 fully saturated rings. The molecule has 1 saturated heterocycles. The van der Waals surface area contributed by atoms with Crippen LogP contribution in [0, 0.1) is 11.4 Å². The van der Waals surface area contributed by atoms with Gasteiger partial charge in [-0.3, -0.25) is 0 Å². The molecule has 0 amide bonds. The molecule has 1 aromatic carbocycles. The Balaban J connectivity index is 1.59. The van der Waals surface area contributed by atoms with Crippen molar-refractivity contribution in [1.82, 2.24) is 15.0 Å². The van der Waals surface area contributed by atoms with Crippen molar-refractivity contribution in [3.05, 3.63) is 41.6 Å². The zero-order valence-corrected chi connectivity index (χ0v) is 18.5. The first-order valence-electron chi connectivity index (χ1n) is 10.6. The zero-order valence-electron chi connectivity index (χ0n) is 17.8. The van der Waals surface area contributed by atoms with Crippen molar-refractivity contribution in [2.24, 2.45) is 16.8 Å². The minimum atomic E-state index is -0.292. The van der Waals surface area contributed by atoms with Crippen molar-refractivity contribution in [2.75, 3.05) is 24.6 Å². The minimum Gasteiger partial charge on any atom is -0.372 e. The molecule has 0 bridgehead atoms. The predicted molar refractivity (Wildman–Crippen MR) is 123 cm³/mol. The molecule has 0 spiro atoms. The molecule has 4 atom stereocenters. The number of ether oxygens (including phenoxy) is 1. The highest BCUT2D eigenvalue weighted by Crippen LogP contribution is 2.31. The fraction of sp³-hybridized carbons (Fsp3) is 0.455. The van der Waals surface area contributed by atoms with Gasteiger partial charge in [0.2, 0.25) is 0 Å².